The highest BCUT2D eigenvalue weighted by Crippen LogP contribution is 2.21. The van der Waals surface area contributed by atoms with Gasteiger partial charge in [0.25, 0.3) is 0 Å². The molecule has 0 aliphatic heterocycles. The van der Waals surface area contributed by atoms with E-state index in [-0.39, 0.29) is 12.0 Å². The molecule has 0 aliphatic carbocycles. The molecule has 1 amide bonds. The number of nitrogens with one attached hydrogen (secondary N) is 1. The standard InChI is InChI=1S/C20H24N4O2/c1-15(26-17-5-4-9-22-13-17)11-23-12-16-14-24(10-8-20(21)25)19-7-3-2-6-18(16)19/h2-7,9,13-15,23H,8,10-12H2,1H3,(H2,21,25)/t15-/m0/s1. The maximum absolute atomic E-state index is 11.1. The normalized spacial score (nSPS) is 12.2. The molecule has 0 radical (unpaired) electrons. The van der Waals surface area contributed by atoms with E-state index in [1.807, 2.05) is 31.2 Å². The van der Waals surface area contributed by atoms with Gasteiger partial charge in [0, 0.05) is 49.4 Å². The van der Waals surface area contributed by atoms with Crippen LogP contribution in [0.25, 0.3) is 10.9 Å². The van der Waals surface area contributed by atoms with Crippen LogP contribution in [-0.2, 0) is 17.9 Å². The number of nitrogens with zero attached hydrogens (tertiary/aromatic N) is 2. The molecule has 1 atom stereocenters. The maximum Gasteiger partial charge on any atom is 0.219 e. The van der Waals surface area contributed by atoms with E-state index in [0.29, 0.717) is 13.0 Å². The third-order valence-corrected chi connectivity index (χ3v) is 4.19. The van der Waals surface area contributed by atoms with Crippen LogP contribution in [0.3, 0.4) is 0 Å². The van der Waals surface area contributed by atoms with Crippen LogP contribution in [0, 0.1) is 0 Å². The molecule has 0 saturated heterocycles. The van der Waals surface area contributed by atoms with Gasteiger partial charge in [0.15, 0.2) is 0 Å². The predicted molar refractivity (Wildman–Crippen MR) is 102 cm³/mol. The van der Waals surface area contributed by atoms with Gasteiger partial charge in [-0.3, -0.25) is 9.78 Å². The third kappa shape index (κ3) is 4.61. The molecule has 6 nitrogen and oxygen atoms in total. The maximum atomic E-state index is 11.1. The van der Waals surface area contributed by atoms with Crippen LogP contribution in [0.5, 0.6) is 5.75 Å². The summed E-state index contributed by atoms with van der Waals surface area (Å²) in [6, 6.07) is 11.9. The molecule has 0 bridgehead atoms. The van der Waals surface area contributed by atoms with E-state index in [2.05, 4.69) is 33.2 Å². The average molecular weight is 352 g/mol. The summed E-state index contributed by atoms with van der Waals surface area (Å²) in [4.78, 5) is 15.1. The van der Waals surface area contributed by atoms with Crippen molar-refractivity contribution in [2.75, 3.05) is 6.54 Å². The van der Waals surface area contributed by atoms with Crippen LogP contribution in [0.2, 0.25) is 0 Å². The van der Waals surface area contributed by atoms with Crippen molar-refractivity contribution in [1.29, 1.82) is 0 Å². The number of hydrogen-bond acceptors (Lipinski definition) is 4. The Morgan fingerprint density at radius 2 is 2.15 bits per heavy atom. The van der Waals surface area contributed by atoms with Crippen LogP contribution in [0.4, 0.5) is 0 Å². The number of carbonyl (C=O) groups excluding carboxylic acids is 1. The number of pyridine rings is 1. The van der Waals surface area contributed by atoms with Gasteiger partial charge in [-0.25, -0.2) is 0 Å². The lowest BCUT2D eigenvalue weighted by Gasteiger charge is -2.15. The van der Waals surface area contributed by atoms with Gasteiger partial charge >= 0.3 is 0 Å². The lowest BCUT2D eigenvalue weighted by Crippen LogP contribution is -2.28. The Hall–Kier alpha value is -2.86. The number of ether oxygens (including phenoxy) is 1. The Labute approximate surface area is 153 Å². The van der Waals surface area contributed by atoms with E-state index < -0.39 is 0 Å². The van der Waals surface area contributed by atoms with Crippen molar-refractivity contribution in [1.82, 2.24) is 14.9 Å². The molecular formula is C20H24N4O2. The molecule has 3 aromatic rings. The van der Waals surface area contributed by atoms with E-state index >= 15 is 0 Å². The highest BCUT2D eigenvalue weighted by atomic mass is 16.5. The van der Waals surface area contributed by atoms with Gasteiger partial charge in [-0.15, -0.1) is 0 Å². The van der Waals surface area contributed by atoms with E-state index in [4.69, 9.17) is 10.5 Å². The van der Waals surface area contributed by atoms with Gasteiger partial charge in [-0.05, 0) is 30.7 Å². The fourth-order valence-corrected chi connectivity index (χ4v) is 2.98. The van der Waals surface area contributed by atoms with Gasteiger partial charge in [0.1, 0.15) is 11.9 Å². The molecule has 0 spiro atoms. The molecule has 6 heteroatoms. The molecule has 2 heterocycles. The number of nitrogens with two attached hydrogens (primary N) is 1. The van der Waals surface area contributed by atoms with Gasteiger partial charge < -0.3 is 20.4 Å². The summed E-state index contributed by atoms with van der Waals surface area (Å²) >= 11 is 0. The fraction of sp³-hybridized carbons (Fsp3) is 0.300. The molecule has 3 N–H and O–H groups in total. The number of aryl methyl sites for hydroxylation is 1. The molecule has 2 aromatic heterocycles. The van der Waals surface area contributed by atoms with E-state index in [0.717, 1.165) is 24.4 Å². The Bertz CT molecular complexity index is 861. The van der Waals surface area contributed by atoms with Crippen molar-refractivity contribution in [3.8, 4) is 5.75 Å². The Kier molecular flexibility index (Phi) is 5.86. The third-order valence-electron chi connectivity index (χ3n) is 4.19. The molecule has 26 heavy (non-hydrogen) atoms. The molecule has 0 saturated carbocycles. The number of aromatic nitrogens is 2. The van der Waals surface area contributed by atoms with Crippen LogP contribution in [-0.4, -0.2) is 28.1 Å². The van der Waals surface area contributed by atoms with Crippen LogP contribution < -0.4 is 15.8 Å². The van der Waals surface area contributed by atoms with E-state index in [1.165, 1.54) is 10.9 Å². The van der Waals surface area contributed by atoms with Gasteiger partial charge in [0.05, 0.1) is 6.20 Å². The van der Waals surface area contributed by atoms with Crippen molar-refractivity contribution in [3.63, 3.8) is 0 Å². The number of fused-ring (bicyclic) bond motifs is 1. The second-order valence-electron chi connectivity index (χ2n) is 6.33. The first kappa shape index (κ1) is 17.9. The lowest BCUT2D eigenvalue weighted by atomic mass is 10.2. The smallest absolute Gasteiger partial charge is 0.219 e. The number of primary amides is 1. The zero-order valence-corrected chi connectivity index (χ0v) is 14.9. The Balaban J connectivity index is 1.60. The number of carbonyl (C=O) groups is 1. The Morgan fingerprint density at radius 3 is 2.92 bits per heavy atom. The molecular weight excluding hydrogens is 328 g/mol. The van der Waals surface area contributed by atoms with E-state index in [1.54, 1.807) is 12.4 Å². The number of benzene rings is 1. The second kappa shape index (κ2) is 8.49. The van der Waals surface area contributed by atoms with Crippen molar-refractivity contribution < 1.29 is 9.53 Å². The molecule has 3 rings (SSSR count). The lowest BCUT2D eigenvalue weighted by molar-refractivity contribution is -0.118. The van der Waals surface area contributed by atoms with Gasteiger partial charge in [-0.1, -0.05) is 18.2 Å². The zero-order chi connectivity index (χ0) is 18.4. The monoisotopic (exact) mass is 352 g/mol. The minimum atomic E-state index is -0.288. The minimum Gasteiger partial charge on any atom is -0.488 e. The predicted octanol–water partition coefficient (Wildman–Crippen LogP) is 2.47. The summed E-state index contributed by atoms with van der Waals surface area (Å²) in [6.45, 7) is 4.06. The van der Waals surface area contributed by atoms with Crippen LogP contribution in [0.1, 0.15) is 18.9 Å². The zero-order valence-electron chi connectivity index (χ0n) is 14.9. The number of rotatable bonds is 9. The van der Waals surface area contributed by atoms with Gasteiger partial charge in [0.2, 0.25) is 5.91 Å². The molecule has 0 unspecified atom stereocenters. The molecule has 136 valence electrons. The van der Waals surface area contributed by atoms with E-state index in [9.17, 15) is 4.79 Å². The van der Waals surface area contributed by atoms with Gasteiger partial charge in [-0.2, -0.15) is 0 Å². The summed E-state index contributed by atoms with van der Waals surface area (Å²) in [6.07, 6.45) is 5.89. The topological polar surface area (TPSA) is 82.2 Å². The molecule has 0 aliphatic rings. The SMILES string of the molecule is C[C@@H](CNCc1cn(CCC(N)=O)c2ccccc12)Oc1cccnc1. The highest BCUT2D eigenvalue weighted by Gasteiger charge is 2.10. The second-order valence-corrected chi connectivity index (χ2v) is 6.33. The van der Waals surface area contributed by atoms with Crippen molar-refractivity contribution in [2.24, 2.45) is 5.73 Å². The highest BCUT2D eigenvalue weighted by molar-refractivity contribution is 5.84. The largest absolute Gasteiger partial charge is 0.488 e. The van der Waals surface area contributed by atoms with Crippen molar-refractivity contribution in [2.45, 2.75) is 32.5 Å². The van der Waals surface area contributed by atoms with Crippen molar-refractivity contribution >= 4 is 16.8 Å². The summed E-state index contributed by atoms with van der Waals surface area (Å²) in [7, 11) is 0. The first-order valence-electron chi connectivity index (χ1n) is 8.76. The summed E-state index contributed by atoms with van der Waals surface area (Å²) in [5, 5.41) is 4.63. The van der Waals surface area contributed by atoms with Crippen LogP contribution in [0.15, 0.2) is 55.0 Å². The fourth-order valence-electron chi connectivity index (χ4n) is 2.98. The minimum absolute atomic E-state index is 0.0300. The number of para-hydroxylation sites is 1. The first-order valence-corrected chi connectivity index (χ1v) is 8.76. The first-order chi connectivity index (χ1) is 12.6. The van der Waals surface area contributed by atoms with Crippen LogP contribution >= 0.6 is 0 Å². The average Bonchev–Trinajstić information content (AvgIpc) is 2.99. The molecule has 0 fully saturated rings. The summed E-state index contributed by atoms with van der Waals surface area (Å²) in [5.41, 5.74) is 7.59. The quantitative estimate of drug-likeness (QED) is 0.620. The summed E-state index contributed by atoms with van der Waals surface area (Å²) in [5.74, 6) is 0.480. The molecule has 1 aromatic carbocycles. The number of amides is 1. The summed E-state index contributed by atoms with van der Waals surface area (Å²) < 4.78 is 7.92. The van der Waals surface area contributed by atoms with Crippen molar-refractivity contribution in [3.05, 3.63) is 60.6 Å². The number of hydrogen-bond donors (Lipinski definition) is 2. The Morgan fingerprint density at radius 1 is 1.31 bits per heavy atom.